The van der Waals surface area contributed by atoms with E-state index in [1.54, 1.807) is 25.2 Å². The van der Waals surface area contributed by atoms with Gasteiger partial charge in [0.15, 0.2) is 11.5 Å². The van der Waals surface area contributed by atoms with E-state index in [0.29, 0.717) is 34.9 Å². The molecule has 1 heterocycles. The summed E-state index contributed by atoms with van der Waals surface area (Å²) in [7, 11) is 1.66. The van der Waals surface area contributed by atoms with E-state index in [0.717, 1.165) is 16.7 Å². The summed E-state index contributed by atoms with van der Waals surface area (Å²) in [4.78, 5) is 28.6. The van der Waals surface area contributed by atoms with Crippen LogP contribution in [0.3, 0.4) is 0 Å². The van der Waals surface area contributed by atoms with Gasteiger partial charge in [-0.15, -0.1) is 0 Å². The van der Waals surface area contributed by atoms with Crippen molar-refractivity contribution in [3.05, 3.63) is 82.9 Å². The van der Waals surface area contributed by atoms with Crippen molar-refractivity contribution in [3.63, 3.8) is 0 Å². The fourth-order valence-corrected chi connectivity index (χ4v) is 4.92. The Morgan fingerprint density at radius 1 is 0.900 bits per heavy atom. The fraction of sp³-hybridized carbons (Fsp3) is 0.394. The molecule has 7 heteroatoms. The van der Waals surface area contributed by atoms with Gasteiger partial charge in [0.05, 0.1) is 0 Å². The van der Waals surface area contributed by atoms with Crippen LogP contribution in [-0.2, 0) is 26.8 Å². The smallest absolute Gasteiger partial charge is 0.251 e. The molecule has 4 rings (SSSR count). The van der Waals surface area contributed by atoms with Gasteiger partial charge in [0.2, 0.25) is 12.7 Å². The lowest BCUT2D eigenvalue weighted by Gasteiger charge is -2.29. The summed E-state index contributed by atoms with van der Waals surface area (Å²) in [6.45, 7) is 12.6. The molecule has 0 saturated heterocycles. The number of fused-ring (bicyclic) bond motifs is 1. The second-order valence-electron chi connectivity index (χ2n) is 12.4. The van der Waals surface area contributed by atoms with Crippen LogP contribution in [0.5, 0.6) is 17.2 Å². The number of ether oxygens (including phenoxy) is 2. The molecule has 0 bridgehead atoms. The molecule has 0 aliphatic carbocycles. The molecule has 3 aromatic rings. The Morgan fingerprint density at radius 3 is 2.10 bits per heavy atom. The number of likely N-dealkylation sites (N-methyl/N-ethyl adjacent to an activating group) is 1. The standard InChI is InChI=1S/C33H40N2O5/c1-32(2,3)24-17-21(18-25(30(24)37)33(4,5)6)13-16-28(36)35(7)29(22-11-9-8-10-12-22)31(38)34-23-14-15-26-27(19-23)40-20-39-26/h8-12,14-15,17-19,29,37H,13,16,20H2,1-7H3,(H,34,38)/t29-/m1/s1. The van der Waals surface area contributed by atoms with Gasteiger partial charge in [-0.1, -0.05) is 84.0 Å². The van der Waals surface area contributed by atoms with Crippen molar-refractivity contribution in [2.24, 2.45) is 0 Å². The van der Waals surface area contributed by atoms with Crippen LogP contribution in [0.4, 0.5) is 5.69 Å². The molecule has 2 amide bonds. The minimum absolute atomic E-state index is 0.145. The van der Waals surface area contributed by atoms with E-state index in [4.69, 9.17) is 9.47 Å². The van der Waals surface area contributed by atoms with Gasteiger partial charge in [-0.3, -0.25) is 9.59 Å². The summed E-state index contributed by atoms with van der Waals surface area (Å²) < 4.78 is 10.8. The van der Waals surface area contributed by atoms with Gasteiger partial charge in [-0.2, -0.15) is 0 Å². The van der Waals surface area contributed by atoms with Crippen molar-refractivity contribution in [2.75, 3.05) is 19.2 Å². The zero-order valence-corrected chi connectivity index (χ0v) is 24.5. The maximum Gasteiger partial charge on any atom is 0.251 e. The highest BCUT2D eigenvalue weighted by atomic mass is 16.7. The maximum absolute atomic E-state index is 13.6. The van der Waals surface area contributed by atoms with E-state index in [-0.39, 0.29) is 35.9 Å². The first kappa shape index (κ1) is 29.0. The van der Waals surface area contributed by atoms with Crippen LogP contribution in [-0.4, -0.2) is 35.7 Å². The van der Waals surface area contributed by atoms with Crippen molar-refractivity contribution in [1.82, 2.24) is 4.90 Å². The van der Waals surface area contributed by atoms with E-state index < -0.39 is 6.04 Å². The third kappa shape index (κ3) is 6.41. The number of carbonyl (C=O) groups excluding carboxylic acids is 2. The van der Waals surface area contributed by atoms with Crippen LogP contribution in [0, 0.1) is 0 Å². The summed E-state index contributed by atoms with van der Waals surface area (Å²) in [5, 5.41) is 14.0. The molecule has 1 aliphatic heterocycles. The number of anilines is 1. The number of aryl methyl sites for hydroxylation is 1. The van der Waals surface area contributed by atoms with E-state index in [9.17, 15) is 14.7 Å². The Hall–Kier alpha value is -4.00. The topological polar surface area (TPSA) is 88.1 Å². The van der Waals surface area contributed by atoms with Crippen molar-refractivity contribution in [1.29, 1.82) is 0 Å². The molecule has 2 N–H and O–H groups in total. The van der Waals surface area contributed by atoms with Gasteiger partial charge in [-0.05, 0) is 51.6 Å². The molecule has 1 aliphatic rings. The Morgan fingerprint density at radius 2 is 1.50 bits per heavy atom. The molecular formula is C33H40N2O5. The Bertz CT molecular complexity index is 1350. The van der Waals surface area contributed by atoms with Crippen LogP contribution in [0.2, 0.25) is 0 Å². The quantitative estimate of drug-likeness (QED) is 0.355. The van der Waals surface area contributed by atoms with Crippen LogP contribution in [0.25, 0.3) is 0 Å². The van der Waals surface area contributed by atoms with E-state index in [1.165, 1.54) is 4.90 Å². The molecule has 3 aromatic carbocycles. The second-order valence-corrected chi connectivity index (χ2v) is 12.4. The number of hydrogen-bond acceptors (Lipinski definition) is 5. The van der Waals surface area contributed by atoms with Gasteiger partial charge in [0, 0.05) is 25.2 Å². The lowest BCUT2D eigenvalue weighted by atomic mass is 9.78. The highest BCUT2D eigenvalue weighted by molar-refractivity contribution is 5.98. The van der Waals surface area contributed by atoms with Crippen LogP contribution in [0.15, 0.2) is 60.7 Å². The normalized spacial score (nSPS) is 13.6. The number of phenols is 1. The van der Waals surface area contributed by atoms with Crippen molar-refractivity contribution in [2.45, 2.75) is 71.3 Å². The number of amides is 2. The third-order valence-electron chi connectivity index (χ3n) is 7.20. The number of carbonyl (C=O) groups is 2. The van der Waals surface area contributed by atoms with E-state index >= 15 is 0 Å². The molecule has 0 aromatic heterocycles. The molecule has 212 valence electrons. The highest BCUT2D eigenvalue weighted by Crippen LogP contribution is 2.40. The average Bonchev–Trinajstić information content (AvgIpc) is 3.35. The van der Waals surface area contributed by atoms with Gasteiger partial charge in [0.1, 0.15) is 11.8 Å². The molecule has 0 fully saturated rings. The SMILES string of the molecule is CN(C(=O)CCc1cc(C(C)(C)C)c(O)c(C(C)(C)C)c1)[C@@H](C(=O)Nc1ccc2c(c1)OCO2)c1ccccc1. The lowest BCUT2D eigenvalue weighted by molar-refractivity contribution is -0.137. The van der Waals surface area contributed by atoms with Crippen LogP contribution in [0.1, 0.15) is 76.3 Å². The molecule has 0 saturated carbocycles. The Balaban J connectivity index is 1.56. The minimum Gasteiger partial charge on any atom is -0.507 e. The Kier molecular flexibility index (Phi) is 8.15. The number of nitrogens with zero attached hydrogens (tertiary/aromatic N) is 1. The molecule has 7 nitrogen and oxygen atoms in total. The summed E-state index contributed by atoms with van der Waals surface area (Å²) in [5.41, 5.74) is 3.46. The molecule has 1 atom stereocenters. The molecular weight excluding hydrogens is 504 g/mol. The van der Waals surface area contributed by atoms with E-state index in [1.807, 2.05) is 42.5 Å². The first-order chi connectivity index (χ1) is 18.8. The highest BCUT2D eigenvalue weighted by Gasteiger charge is 2.30. The van der Waals surface area contributed by atoms with Gasteiger partial charge in [-0.25, -0.2) is 0 Å². The van der Waals surface area contributed by atoms with Gasteiger partial charge >= 0.3 is 0 Å². The average molecular weight is 545 g/mol. The van der Waals surface area contributed by atoms with Crippen molar-refractivity contribution >= 4 is 17.5 Å². The summed E-state index contributed by atoms with van der Waals surface area (Å²) in [6, 6.07) is 17.7. The van der Waals surface area contributed by atoms with Gasteiger partial charge in [0.25, 0.3) is 5.91 Å². The van der Waals surface area contributed by atoms with E-state index in [2.05, 4.69) is 46.9 Å². The van der Waals surface area contributed by atoms with Crippen molar-refractivity contribution < 1.29 is 24.2 Å². The summed E-state index contributed by atoms with van der Waals surface area (Å²) in [5.74, 6) is 1.03. The van der Waals surface area contributed by atoms with Crippen LogP contribution < -0.4 is 14.8 Å². The molecule has 0 spiro atoms. The van der Waals surface area contributed by atoms with Crippen molar-refractivity contribution in [3.8, 4) is 17.2 Å². The van der Waals surface area contributed by atoms with Gasteiger partial charge < -0.3 is 24.8 Å². The third-order valence-corrected chi connectivity index (χ3v) is 7.20. The first-order valence-corrected chi connectivity index (χ1v) is 13.6. The zero-order valence-electron chi connectivity index (χ0n) is 24.5. The first-order valence-electron chi connectivity index (χ1n) is 13.6. The lowest BCUT2D eigenvalue weighted by Crippen LogP contribution is -2.38. The fourth-order valence-electron chi connectivity index (χ4n) is 4.92. The van der Waals surface area contributed by atoms with Crippen LogP contribution >= 0.6 is 0 Å². The molecule has 0 radical (unpaired) electrons. The number of rotatable bonds is 7. The predicted molar refractivity (Wildman–Crippen MR) is 157 cm³/mol. The number of aromatic hydroxyl groups is 1. The minimum atomic E-state index is -0.825. The maximum atomic E-state index is 13.6. The predicted octanol–water partition coefficient (Wildman–Crippen LogP) is 6.49. The number of phenolic OH excluding ortho intramolecular Hbond substituents is 1. The second kappa shape index (κ2) is 11.2. The number of benzene rings is 3. The summed E-state index contributed by atoms with van der Waals surface area (Å²) in [6.07, 6.45) is 0.704. The Labute approximate surface area is 237 Å². The monoisotopic (exact) mass is 544 g/mol. The number of nitrogens with one attached hydrogen (secondary N) is 1. The number of hydrogen-bond donors (Lipinski definition) is 2. The zero-order chi connectivity index (χ0) is 29.2. The summed E-state index contributed by atoms with van der Waals surface area (Å²) >= 11 is 0. The largest absolute Gasteiger partial charge is 0.507 e. The molecule has 40 heavy (non-hydrogen) atoms. The molecule has 0 unspecified atom stereocenters.